The summed E-state index contributed by atoms with van der Waals surface area (Å²) in [7, 11) is 0. The highest BCUT2D eigenvalue weighted by Gasteiger charge is 2.36. The minimum absolute atomic E-state index is 0.00323. The monoisotopic (exact) mass is 436 g/mol. The van der Waals surface area contributed by atoms with Crippen molar-refractivity contribution >= 4 is 23.1 Å². The van der Waals surface area contributed by atoms with E-state index in [-0.39, 0.29) is 23.6 Å². The number of fused-ring (bicyclic) bond motifs is 1. The molecule has 1 atom stereocenters. The van der Waals surface area contributed by atoms with Gasteiger partial charge in [0.1, 0.15) is 6.07 Å². The lowest BCUT2D eigenvalue weighted by molar-refractivity contribution is -0.139. The first-order valence-electron chi connectivity index (χ1n) is 10.8. The number of nitriles is 1. The Morgan fingerprint density at radius 2 is 2.16 bits per heavy atom. The second kappa shape index (κ2) is 8.23. The molecule has 8 heteroatoms. The van der Waals surface area contributed by atoms with Crippen LogP contribution in [0.4, 0.5) is 5.88 Å². The number of carbonyl (C=O) groups excluding carboxylic acids is 1. The third kappa shape index (κ3) is 3.53. The molecule has 0 bridgehead atoms. The standard InChI is InChI=1S/C23H24N4O3S/c1-2-18-16-8-13-31-20(16)7-11-27(18)22(28)15-5-9-26(10-6-15)23-17(14-24)25-21(30-23)19-4-3-12-29-19/h3-4,8,12-13,15,18H,2,5-7,9-11H2,1H3. The average Bonchev–Trinajstić information content (AvgIpc) is 3.57. The van der Waals surface area contributed by atoms with Crippen LogP contribution in [-0.2, 0) is 11.2 Å². The Bertz CT molecular complexity index is 1100. The SMILES string of the molecule is CCC1c2ccsc2CCN1C(=O)C1CCN(c2oc(-c3ccco3)nc2C#N)CC1. The summed E-state index contributed by atoms with van der Waals surface area (Å²) in [6, 6.07) is 8.00. The first-order chi connectivity index (χ1) is 15.2. The number of oxazole rings is 1. The summed E-state index contributed by atoms with van der Waals surface area (Å²) in [4.78, 5) is 23.2. The summed E-state index contributed by atoms with van der Waals surface area (Å²) < 4.78 is 11.2. The van der Waals surface area contributed by atoms with Crippen molar-refractivity contribution in [3.8, 4) is 17.7 Å². The molecule has 0 aromatic carbocycles. The zero-order chi connectivity index (χ0) is 21.4. The van der Waals surface area contributed by atoms with Crippen LogP contribution in [0.25, 0.3) is 11.7 Å². The van der Waals surface area contributed by atoms with Crippen LogP contribution in [0, 0.1) is 17.2 Å². The molecule has 0 radical (unpaired) electrons. The Labute approximate surface area is 184 Å². The van der Waals surface area contributed by atoms with E-state index in [1.54, 1.807) is 29.7 Å². The molecule has 7 nitrogen and oxygen atoms in total. The Hall–Kier alpha value is -3.05. The van der Waals surface area contributed by atoms with E-state index < -0.39 is 0 Å². The number of anilines is 1. The van der Waals surface area contributed by atoms with Gasteiger partial charge in [0.2, 0.25) is 17.5 Å². The maximum absolute atomic E-state index is 13.4. The molecule has 2 aliphatic heterocycles. The number of amides is 1. The number of carbonyl (C=O) groups is 1. The summed E-state index contributed by atoms with van der Waals surface area (Å²) in [5.74, 6) is 1.53. The molecule has 3 aromatic rings. The second-order valence-corrected chi connectivity index (χ2v) is 9.03. The van der Waals surface area contributed by atoms with Gasteiger partial charge in [0, 0.05) is 30.4 Å². The van der Waals surface area contributed by atoms with Crippen LogP contribution in [0.2, 0.25) is 0 Å². The second-order valence-electron chi connectivity index (χ2n) is 8.03. The molecular formula is C23H24N4O3S. The van der Waals surface area contributed by atoms with E-state index in [1.807, 2.05) is 4.90 Å². The smallest absolute Gasteiger partial charge is 0.266 e. The van der Waals surface area contributed by atoms with Gasteiger partial charge in [-0.15, -0.1) is 11.3 Å². The van der Waals surface area contributed by atoms with Gasteiger partial charge >= 0.3 is 0 Å². The van der Waals surface area contributed by atoms with Crippen LogP contribution < -0.4 is 4.90 Å². The fourth-order valence-corrected chi connectivity index (χ4v) is 5.70. The fourth-order valence-electron chi connectivity index (χ4n) is 4.77. The molecule has 2 aliphatic rings. The molecule has 160 valence electrons. The van der Waals surface area contributed by atoms with Gasteiger partial charge in [-0.25, -0.2) is 0 Å². The quantitative estimate of drug-likeness (QED) is 0.593. The first kappa shape index (κ1) is 19.9. The lowest BCUT2D eigenvalue weighted by atomic mass is 9.91. The number of piperidine rings is 1. The summed E-state index contributed by atoms with van der Waals surface area (Å²) in [5, 5.41) is 11.6. The molecule has 0 aliphatic carbocycles. The van der Waals surface area contributed by atoms with Crippen molar-refractivity contribution in [3.63, 3.8) is 0 Å². The molecule has 0 N–H and O–H groups in total. The number of nitrogens with zero attached hydrogens (tertiary/aromatic N) is 4. The van der Waals surface area contributed by atoms with Gasteiger partial charge in [-0.1, -0.05) is 6.92 Å². The molecule has 5 heterocycles. The Balaban J connectivity index is 1.28. The van der Waals surface area contributed by atoms with Gasteiger partial charge in [0.15, 0.2) is 5.76 Å². The number of aromatic nitrogens is 1. The normalized spacial score (nSPS) is 19.3. The lowest BCUT2D eigenvalue weighted by Crippen LogP contribution is -2.46. The number of rotatable bonds is 4. The van der Waals surface area contributed by atoms with E-state index in [4.69, 9.17) is 8.83 Å². The first-order valence-corrected chi connectivity index (χ1v) is 11.6. The third-order valence-electron chi connectivity index (χ3n) is 6.34. The number of hydrogen-bond donors (Lipinski definition) is 0. The maximum atomic E-state index is 13.4. The largest absolute Gasteiger partial charge is 0.459 e. The van der Waals surface area contributed by atoms with Gasteiger partial charge in [-0.2, -0.15) is 10.2 Å². The zero-order valence-electron chi connectivity index (χ0n) is 17.4. The van der Waals surface area contributed by atoms with Gasteiger partial charge in [0.05, 0.1) is 12.3 Å². The van der Waals surface area contributed by atoms with Crippen molar-refractivity contribution < 1.29 is 13.6 Å². The van der Waals surface area contributed by atoms with Crippen molar-refractivity contribution in [1.29, 1.82) is 5.26 Å². The van der Waals surface area contributed by atoms with Gasteiger partial charge in [-0.05, 0) is 54.8 Å². The van der Waals surface area contributed by atoms with Gasteiger partial charge < -0.3 is 18.6 Å². The topological polar surface area (TPSA) is 86.5 Å². The van der Waals surface area contributed by atoms with Crippen molar-refractivity contribution in [2.45, 2.75) is 38.6 Å². The minimum atomic E-state index is 0.00323. The summed E-state index contributed by atoms with van der Waals surface area (Å²) in [5.41, 5.74) is 1.58. The molecule has 1 amide bonds. The van der Waals surface area contributed by atoms with Crippen LogP contribution >= 0.6 is 11.3 Å². The van der Waals surface area contributed by atoms with Crippen LogP contribution in [-0.4, -0.2) is 35.4 Å². The molecule has 5 rings (SSSR count). The molecule has 31 heavy (non-hydrogen) atoms. The highest BCUT2D eigenvalue weighted by Crippen LogP contribution is 2.37. The van der Waals surface area contributed by atoms with E-state index in [0.29, 0.717) is 30.6 Å². The van der Waals surface area contributed by atoms with E-state index in [0.717, 1.165) is 32.2 Å². The lowest BCUT2D eigenvalue weighted by Gasteiger charge is -2.39. The highest BCUT2D eigenvalue weighted by atomic mass is 32.1. The van der Waals surface area contributed by atoms with Crippen molar-refractivity contribution in [1.82, 2.24) is 9.88 Å². The number of furan rings is 1. The van der Waals surface area contributed by atoms with E-state index in [2.05, 4.69) is 34.3 Å². The summed E-state index contributed by atoms with van der Waals surface area (Å²) in [6.07, 6.45) is 4.92. The molecule has 1 unspecified atom stereocenters. The maximum Gasteiger partial charge on any atom is 0.266 e. The van der Waals surface area contributed by atoms with Crippen LogP contribution in [0.5, 0.6) is 0 Å². The summed E-state index contributed by atoms with van der Waals surface area (Å²) in [6.45, 7) is 4.28. The van der Waals surface area contributed by atoms with E-state index >= 15 is 0 Å². The number of hydrogen-bond acceptors (Lipinski definition) is 7. The molecule has 1 saturated heterocycles. The Morgan fingerprint density at radius 1 is 1.32 bits per heavy atom. The highest BCUT2D eigenvalue weighted by molar-refractivity contribution is 7.10. The molecule has 1 fully saturated rings. The Morgan fingerprint density at radius 3 is 2.87 bits per heavy atom. The molecule has 3 aromatic heterocycles. The van der Waals surface area contributed by atoms with Crippen molar-refractivity contribution in [2.24, 2.45) is 5.92 Å². The molecular weight excluding hydrogens is 412 g/mol. The van der Waals surface area contributed by atoms with E-state index in [9.17, 15) is 10.1 Å². The fraction of sp³-hybridized carbons (Fsp3) is 0.435. The zero-order valence-corrected chi connectivity index (χ0v) is 18.2. The van der Waals surface area contributed by atoms with Gasteiger partial charge in [-0.3, -0.25) is 4.79 Å². The van der Waals surface area contributed by atoms with Crippen LogP contribution in [0.3, 0.4) is 0 Å². The summed E-state index contributed by atoms with van der Waals surface area (Å²) >= 11 is 1.80. The minimum Gasteiger partial charge on any atom is -0.459 e. The predicted octanol–water partition coefficient (Wildman–Crippen LogP) is 4.62. The van der Waals surface area contributed by atoms with Crippen LogP contribution in [0.15, 0.2) is 38.7 Å². The van der Waals surface area contributed by atoms with Crippen molar-refractivity contribution in [3.05, 3.63) is 46.0 Å². The van der Waals surface area contributed by atoms with Gasteiger partial charge in [0.25, 0.3) is 5.89 Å². The van der Waals surface area contributed by atoms with Crippen LogP contribution in [0.1, 0.15) is 48.4 Å². The average molecular weight is 437 g/mol. The van der Waals surface area contributed by atoms with Crippen molar-refractivity contribution in [2.75, 3.05) is 24.5 Å². The predicted molar refractivity (Wildman–Crippen MR) is 117 cm³/mol. The third-order valence-corrected chi connectivity index (χ3v) is 7.34. The number of thiophene rings is 1. The van der Waals surface area contributed by atoms with E-state index in [1.165, 1.54) is 10.4 Å². The molecule has 0 saturated carbocycles. The Kier molecular flexibility index (Phi) is 5.28. The molecule has 0 spiro atoms.